The van der Waals surface area contributed by atoms with Crippen molar-refractivity contribution in [1.82, 2.24) is 10.6 Å². The fourth-order valence-corrected chi connectivity index (χ4v) is 3.30. The third-order valence-electron chi connectivity index (χ3n) is 4.11. The highest BCUT2D eigenvalue weighted by Crippen LogP contribution is 2.31. The minimum atomic E-state index is 0.712. The SMILES string of the molecule is C#CCCNC1CCCC1C1CCCCN1. The molecule has 0 aromatic rings. The molecular formula is C14H24N2. The van der Waals surface area contributed by atoms with Gasteiger partial charge in [-0.2, -0.15) is 0 Å². The van der Waals surface area contributed by atoms with Crippen LogP contribution in [0.15, 0.2) is 0 Å². The smallest absolute Gasteiger partial charge is 0.0212 e. The van der Waals surface area contributed by atoms with Crippen LogP contribution in [0.2, 0.25) is 0 Å². The molecule has 2 N–H and O–H groups in total. The van der Waals surface area contributed by atoms with Gasteiger partial charge in [-0.25, -0.2) is 0 Å². The second-order valence-corrected chi connectivity index (χ2v) is 5.17. The molecule has 1 heterocycles. The molecule has 1 saturated carbocycles. The Hall–Kier alpha value is -0.520. The fraction of sp³-hybridized carbons (Fsp3) is 0.857. The molecule has 2 fully saturated rings. The molecule has 16 heavy (non-hydrogen) atoms. The average Bonchev–Trinajstić information content (AvgIpc) is 2.79. The van der Waals surface area contributed by atoms with Crippen molar-refractivity contribution in [3.05, 3.63) is 0 Å². The summed E-state index contributed by atoms with van der Waals surface area (Å²) in [7, 11) is 0. The van der Waals surface area contributed by atoms with E-state index in [0.29, 0.717) is 6.04 Å². The first kappa shape index (κ1) is 12.0. The minimum Gasteiger partial charge on any atom is -0.314 e. The maximum Gasteiger partial charge on any atom is 0.0212 e. The summed E-state index contributed by atoms with van der Waals surface area (Å²) in [5.74, 6) is 3.55. The molecule has 1 aliphatic carbocycles. The van der Waals surface area contributed by atoms with Crippen LogP contribution in [-0.4, -0.2) is 25.2 Å². The highest BCUT2D eigenvalue weighted by atomic mass is 15.0. The first-order valence-electron chi connectivity index (χ1n) is 6.82. The van der Waals surface area contributed by atoms with E-state index in [4.69, 9.17) is 6.42 Å². The van der Waals surface area contributed by atoms with E-state index in [9.17, 15) is 0 Å². The number of piperidine rings is 1. The Kier molecular flexibility index (Phi) is 4.69. The topological polar surface area (TPSA) is 24.1 Å². The van der Waals surface area contributed by atoms with Gasteiger partial charge in [-0.15, -0.1) is 12.3 Å². The van der Waals surface area contributed by atoms with Gasteiger partial charge < -0.3 is 10.6 Å². The van der Waals surface area contributed by atoms with Crippen molar-refractivity contribution in [3.8, 4) is 12.3 Å². The third-order valence-corrected chi connectivity index (χ3v) is 4.11. The van der Waals surface area contributed by atoms with E-state index in [2.05, 4.69) is 16.6 Å². The minimum absolute atomic E-state index is 0.712. The van der Waals surface area contributed by atoms with Gasteiger partial charge in [0.05, 0.1) is 0 Å². The van der Waals surface area contributed by atoms with E-state index in [1.54, 1.807) is 0 Å². The van der Waals surface area contributed by atoms with Crippen molar-refractivity contribution < 1.29 is 0 Å². The predicted octanol–water partition coefficient (Wildman–Crippen LogP) is 1.91. The van der Waals surface area contributed by atoms with Crippen LogP contribution in [0.25, 0.3) is 0 Å². The van der Waals surface area contributed by atoms with Crippen molar-refractivity contribution in [2.75, 3.05) is 13.1 Å². The second-order valence-electron chi connectivity index (χ2n) is 5.17. The first-order valence-corrected chi connectivity index (χ1v) is 6.82. The largest absolute Gasteiger partial charge is 0.314 e. The maximum atomic E-state index is 5.29. The molecule has 0 spiro atoms. The number of hydrogen-bond donors (Lipinski definition) is 2. The van der Waals surface area contributed by atoms with Crippen molar-refractivity contribution >= 4 is 0 Å². The van der Waals surface area contributed by atoms with Crippen LogP contribution >= 0.6 is 0 Å². The number of nitrogens with one attached hydrogen (secondary N) is 2. The fourth-order valence-electron chi connectivity index (χ4n) is 3.30. The Labute approximate surface area is 99.6 Å². The molecule has 2 nitrogen and oxygen atoms in total. The van der Waals surface area contributed by atoms with E-state index in [0.717, 1.165) is 24.9 Å². The van der Waals surface area contributed by atoms with Crippen LogP contribution in [0.1, 0.15) is 44.9 Å². The molecule has 0 aromatic heterocycles. The van der Waals surface area contributed by atoms with Gasteiger partial charge in [0.1, 0.15) is 0 Å². The van der Waals surface area contributed by atoms with Crippen molar-refractivity contribution in [3.63, 3.8) is 0 Å². The van der Waals surface area contributed by atoms with Crippen LogP contribution < -0.4 is 10.6 Å². The molecule has 0 aromatic carbocycles. The highest BCUT2D eigenvalue weighted by molar-refractivity contribution is 4.93. The van der Waals surface area contributed by atoms with Gasteiger partial charge in [-0.1, -0.05) is 12.8 Å². The quantitative estimate of drug-likeness (QED) is 0.558. The summed E-state index contributed by atoms with van der Waals surface area (Å²) < 4.78 is 0. The van der Waals surface area contributed by atoms with E-state index in [1.807, 2.05) is 0 Å². The van der Waals surface area contributed by atoms with Gasteiger partial charge in [0.2, 0.25) is 0 Å². The highest BCUT2D eigenvalue weighted by Gasteiger charge is 2.33. The van der Waals surface area contributed by atoms with Gasteiger partial charge in [0.15, 0.2) is 0 Å². The lowest BCUT2D eigenvalue weighted by atomic mass is 9.88. The molecule has 90 valence electrons. The lowest BCUT2D eigenvalue weighted by Crippen LogP contribution is -2.46. The summed E-state index contributed by atoms with van der Waals surface area (Å²) in [6.45, 7) is 2.21. The number of hydrogen-bond acceptors (Lipinski definition) is 2. The summed E-state index contributed by atoms with van der Waals surface area (Å²) >= 11 is 0. The van der Waals surface area contributed by atoms with Crippen LogP contribution in [-0.2, 0) is 0 Å². The first-order chi connectivity index (χ1) is 7.92. The van der Waals surface area contributed by atoms with Crippen molar-refractivity contribution in [2.45, 2.75) is 57.0 Å². The third kappa shape index (κ3) is 2.99. The molecule has 1 aliphatic heterocycles. The molecule has 0 bridgehead atoms. The van der Waals surface area contributed by atoms with Gasteiger partial charge in [-0.3, -0.25) is 0 Å². The average molecular weight is 220 g/mol. The Balaban J connectivity index is 1.80. The normalized spacial score (nSPS) is 34.8. The van der Waals surface area contributed by atoms with Crippen molar-refractivity contribution in [1.29, 1.82) is 0 Å². The summed E-state index contributed by atoms with van der Waals surface area (Å²) in [5.41, 5.74) is 0. The van der Waals surface area contributed by atoms with Gasteiger partial charge >= 0.3 is 0 Å². The second kappa shape index (κ2) is 6.27. The molecule has 0 radical (unpaired) electrons. The molecule has 3 atom stereocenters. The Bertz CT molecular complexity index is 238. The van der Waals surface area contributed by atoms with E-state index < -0.39 is 0 Å². The molecule has 1 saturated heterocycles. The van der Waals surface area contributed by atoms with Crippen LogP contribution in [0, 0.1) is 18.3 Å². The van der Waals surface area contributed by atoms with Crippen molar-refractivity contribution in [2.24, 2.45) is 5.92 Å². The zero-order valence-corrected chi connectivity index (χ0v) is 10.2. The van der Waals surface area contributed by atoms with Crippen LogP contribution in [0.5, 0.6) is 0 Å². The zero-order valence-electron chi connectivity index (χ0n) is 10.2. The van der Waals surface area contributed by atoms with Crippen LogP contribution in [0.4, 0.5) is 0 Å². The number of rotatable bonds is 4. The lowest BCUT2D eigenvalue weighted by Gasteiger charge is -2.33. The van der Waals surface area contributed by atoms with Gasteiger partial charge in [-0.05, 0) is 38.1 Å². The summed E-state index contributed by atoms with van der Waals surface area (Å²) in [6.07, 6.45) is 14.4. The molecule has 2 rings (SSSR count). The van der Waals surface area contributed by atoms with E-state index >= 15 is 0 Å². The lowest BCUT2D eigenvalue weighted by molar-refractivity contribution is 0.258. The number of terminal acetylenes is 1. The van der Waals surface area contributed by atoms with E-state index in [1.165, 1.54) is 45.1 Å². The van der Waals surface area contributed by atoms with Crippen LogP contribution in [0.3, 0.4) is 0 Å². The standard InChI is InChI=1S/C14H24N2/c1-2-3-10-15-14-9-6-7-12(14)13-8-4-5-11-16-13/h1,12-16H,3-11H2. The van der Waals surface area contributed by atoms with Gasteiger partial charge in [0.25, 0.3) is 0 Å². The predicted molar refractivity (Wildman–Crippen MR) is 68.2 cm³/mol. The Morgan fingerprint density at radius 1 is 1.19 bits per heavy atom. The molecule has 2 heteroatoms. The molecular weight excluding hydrogens is 196 g/mol. The summed E-state index contributed by atoms with van der Waals surface area (Å²) in [4.78, 5) is 0. The summed E-state index contributed by atoms with van der Waals surface area (Å²) in [5, 5.41) is 7.35. The van der Waals surface area contributed by atoms with E-state index in [-0.39, 0.29) is 0 Å². The molecule has 0 amide bonds. The Morgan fingerprint density at radius 2 is 2.12 bits per heavy atom. The monoisotopic (exact) mass is 220 g/mol. The summed E-state index contributed by atoms with van der Waals surface area (Å²) in [6, 6.07) is 1.48. The molecule has 2 aliphatic rings. The maximum absolute atomic E-state index is 5.29. The zero-order chi connectivity index (χ0) is 11.2. The van der Waals surface area contributed by atoms with Gasteiger partial charge in [0, 0.05) is 25.0 Å². The molecule has 3 unspecified atom stereocenters. The Morgan fingerprint density at radius 3 is 2.88 bits per heavy atom.